The highest BCUT2D eigenvalue weighted by Gasteiger charge is 2.15. The van der Waals surface area contributed by atoms with Crippen LogP contribution in [-0.2, 0) is 24.2 Å². The largest absolute Gasteiger partial charge is 0.323 e. The molecule has 3 heterocycles. The van der Waals surface area contributed by atoms with Gasteiger partial charge in [-0.15, -0.1) is 0 Å². The predicted octanol–water partition coefficient (Wildman–Crippen LogP) is 4.22. The van der Waals surface area contributed by atoms with Crippen LogP contribution in [0.25, 0.3) is 5.69 Å². The smallest absolute Gasteiger partial charge is 0.228 e. The van der Waals surface area contributed by atoms with Gasteiger partial charge in [-0.1, -0.05) is 24.3 Å². The number of carbonyl (C=O) groups is 2. The first-order valence-electron chi connectivity index (χ1n) is 12.9. The summed E-state index contributed by atoms with van der Waals surface area (Å²) in [6, 6.07) is 13.3. The number of hydrogen-bond acceptors (Lipinski definition) is 5. The number of aromatic nitrogens is 4. The molecule has 1 aliphatic rings. The summed E-state index contributed by atoms with van der Waals surface area (Å²) in [5.41, 5.74) is 3.93. The van der Waals surface area contributed by atoms with Crippen LogP contribution in [0.1, 0.15) is 40.0 Å². The van der Waals surface area contributed by atoms with Gasteiger partial charge < -0.3 is 10.2 Å². The van der Waals surface area contributed by atoms with Gasteiger partial charge in [-0.3, -0.25) is 14.3 Å². The number of benzene rings is 2. The van der Waals surface area contributed by atoms with E-state index in [4.69, 9.17) is 0 Å². The molecule has 2 aromatic heterocycles. The third-order valence-electron chi connectivity index (χ3n) is 6.82. The van der Waals surface area contributed by atoms with E-state index >= 15 is 0 Å². The fourth-order valence-electron chi connectivity index (χ4n) is 4.73. The molecule has 1 N–H and O–H groups in total. The molecule has 0 unspecified atom stereocenters. The highest BCUT2D eigenvalue weighted by atomic mass is 19.1. The number of rotatable bonds is 10. The number of anilines is 1. The number of Topliss-reactive ketones (excluding diaryl/α,β-unsaturated/α-hetero) is 1. The Morgan fingerprint density at radius 2 is 1.82 bits per heavy atom. The molecule has 1 saturated heterocycles. The van der Waals surface area contributed by atoms with Gasteiger partial charge in [0.1, 0.15) is 5.82 Å². The number of nitrogens with zero attached hydrogens (tertiary/aromatic N) is 5. The first kappa shape index (κ1) is 25.5. The minimum atomic E-state index is -0.484. The van der Waals surface area contributed by atoms with Gasteiger partial charge >= 0.3 is 0 Å². The van der Waals surface area contributed by atoms with E-state index in [0.717, 1.165) is 43.1 Å². The maximum Gasteiger partial charge on any atom is 0.228 e. The van der Waals surface area contributed by atoms with Crippen LogP contribution in [0.3, 0.4) is 0 Å². The molecule has 1 amide bonds. The standard InChI is InChI=1S/C29H31FN6O2/c1-21-24(20-35(33-21)14-13-34-11-4-5-12-34)17-28(37)23-7-6-8-25(16-23)36-19-22(18-31-36)15-29(38)32-27-10-3-2-9-26(27)30/h2-3,6-10,16,18-20H,4-5,11-15,17H2,1H3,(H,32,38). The number of hydrogen-bond donors (Lipinski definition) is 1. The van der Waals surface area contributed by atoms with Crippen LogP contribution in [0.15, 0.2) is 67.1 Å². The maximum absolute atomic E-state index is 13.8. The second-order valence-corrected chi connectivity index (χ2v) is 9.70. The summed E-state index contributed by atoms with van der Waals surface area (Å²) >= 11 is 0. The summed E-state index contributed by atoms with van der Waals surface area (Å²) in [4.78, 5) is 27.9. The van der Waals surface area contributed by atoms with Gasteiger partial charge in [0.2, 0.25) is 5.91 Å². The van der Waals surface area contributed by atoms with Gasteiger partial charge in [0, 0.05) is 36.5 Å². The number of para-hydroxylation sites is 1. The highest BCUT2D eigenvalue weighted by Crippen LogP contribution is 2.17. The van der Waals surface area contributed by atoms with Gasteiger partial charge in [-0.25, -0.2) is 9.07 Å². The lowest BCUT2D eigenvalue weighted by Crippen LogP contribution is -2.24. The predicted molar refractivity (Wildman–Crippen MR) is 143 cm³/mol. The Morgan fingerprint density at radius 1 is 1.00 bits per heavy atom. The molecule has 4 aromatic rings. The van der Waals surface area contributed by atoms with Crippen LogP contribution in [0, 0.1) is 12.7 Å². The zero-order valence-electron chi connectivity index (χ0n) is 21.4. The minimum Gasteiger partial charge on any atom is -0.323 e. The molecule has 0 bridgehead atoms. The monoisotopic (exact) mass is 514 g/mol. The van der Waals surface area contributed by atoms with Crippen molar-refractivity contribution in [3.8, 4) is 5.69 Å². The van der Waals surface area contributed by atoms with Crippen LogP contribution in [0.5, 0.6) is 0 Å². The number of likely N-dealkylation sites (tertiary alicyclic amines) is 1. The van der Waals surface area contributed by atoms with E-state index < -0.39 is 5.82 Å². The lowest BCUT2D eigenvalue weighted by atomic mass is 10.0. The number of nitrogens with one attached hydrogen (secondary N) is 1. The van der Waals surface area contributed by atoms with Gasteiger partial charge in [0.05, 0.1) is 36.2 Å². The Hall–Kier alpha value is -4.11. The summed E-state index contributed by atoms with van der Waals surface area (Å²) in [6.07, 6.45) is 8.17. The molecular weight excluding hydrogens is 483 g/mol. The summed E-state index contributed by atoms with van der Waals surface area (Å²) < 4.78 is 17.4. The average molecular weight is 515 g/mol. The lowest BCUT2D eigenvalue weighted by molar-refractivity contribution is -0.115. The normalized spacial score (nSPS) is 13.6. The van der Waals surface area contributed by atoms with E-state index in [1.807, 2.05) is 29.9 Å². The Labute approximate surface area is 221 Å². The quantitative estimate of drug-likeness (QED) is 0.321. The summed E-state index contributed by atoms with van der Waals surface area (Å²) in [6.45, 7) is 6.05. The molecule has 5 rings (SSSR count). The minimum absolute atomic E-state index is 0.00527. The SMILES string of the molecule is Cc1nn(CCN2CCCC2)cc1CC(=O)c1cccc(-n2cc(CC(=O)Nc3ccccc3F)cn2)c1. The fourth-order valence-corrected chi connectivity index (χ4v) is 4.73. The molecule has 8 nitrogen and oxygen atoms in total. The Kier molecular flexibility index (Phi) is 7.74. The number of aryl methyl sites for hydroxylation is 1. The molecule has 1 fully saturated rings. The van der Waals surface area contributed by atoms with Gasteiger partial charge in [-0.05, 0) is 62.7 Å². The van der Waals surface area contributed by atoms with E-state index in [2.05, 4.69) is 20.4 Å². The third kappa shape index (κ3) is 6.23. The van der Waals surface area contributed by atoms with Crippen molar-refractivity contribution in [2.75, 3.05) is 25.0 Å². The van der Waals surface area contributed by atoms with Crippen molar-refractivity contribution < 1.29 is 14.0 Å². The zero-order valence-corrected chi connectivity index (χ0v) is 21.4. The maximum atomic E-state index is 13.8. The molecule has 196 valence electrons. The second-order valence-electron chi connectivity index (χ2n) is 9.70. The van der Waals surface area contributed by atoms with Crippen molar-refractivity contribution in [1.29, 1.82) is 0 Å². The topological polar surface area (TPSA) is 85.0 Å². The number of ketones is 1. The first-order valence-corrected chi connectivity index (χ1v) is 12.9. The van der Waals surface area contributed by atoms with Crippen LogP contribution >= 0.6 is 0 Å². The van der Waals surface area contributed by atoms with Crippen molar-refractivity contribution in [2.45, 2.75) is 39.2 Å². The number of halogens is 1. The molecule has 0 radical (unpaired) electrons. The average Bonchev–Trinajstić information content (AvgIpc) is 3.67. The van der Waals surface area contributed by atoms with Crippen LogP contribution in [-0.4, -0.2) is 55.8 Å². The fraction of sp³-hybridized carbons (Fsp3) is 0.310. The van der Waals surface area contributed by atoms with E-state index in [-0.39, 0.29) is 30.2 Å². The highest BCUT2D eigenvalue weighted by molar-refractivity contribution is 5.98. The number of amides is 1. The van der Waals surface area contributed by atoms with Crippen molar-refractivity contribution >= 4 is 17.4 Å². The molecule has 1 aliphatic heterocycles. The molecule has 0 spiro atoms. The zero-order chi connectivity index (χ0) is 26.5. The summed E-state index contributed by atoms with van der Waals surface area (Å²) in [5, 5.41) is 11.5. The van der Waals surface area contributed by atoms with Crippen molar-refractivity contribution in [3.05, 3.63) is 95.3 Å². The molecule has 38 heavy (non-hydrogen) atoms. The number of carbonyl (C=O) groups excluding carboxylic acids is 2. The van der Waals surface area contributed by atoms with Crippen molar-refractivity contribution in [1.82, 2.24) is 24.5 Å². The Bertz CT molecular complexity index is 1440. The van der Waals surface area contributed by atoms with Crippen LogP contribution < -0.4 is 5.32 Å². The first-order chi connectivity index (χ1) is 18.4. The summed E-state index contributed by atoms with van der Waals surface area (Å²) in [5.74, 6) is -0.816. The third-order valence-corrected chi connectivity index (χ3v) is 6.82. The van der Waals surface area contributed by atoms with Crippen LogP contribution in [0.4, 0.5) is 10.1 Å². The lowest BCUT2D eigenvalue weighted by Gasteiger charge is -2.13. The molecule has 2 aromatic carbocycles. The second kappa shape index (κ2) is 11.5. The molecule has 0 saturated carbocycles. The van der Waals surface area contributed by atoms with E-state index in [1.165, 1.54) is 25.0 Å². The van der Waals surface area contributed by atoms with E-state index in [9.17, 15) is 14.0 Å². The van der Waals surface area contributed by atoms with Crippen molar-refractivity contribution in [3.63, 3.8) is 0 Å². The Morgan fingerprint density at radius 3 is 2.63 bits per heavy atom. The van der Waals surface area contributed by atoms with Gasteiger partial charge in [0.25, 0.3) is 0 Å². The van der Waals surface area contributed by atoms with Gasteiger partial charge in [-0.2, -0.15) is 10.2 Å². The molecule has 0 aliphatic carbocycles. The molecule has 9 heteroatoms. The van der Waals surface area contributed by atoms with E-state index in [1.54, 1.807) is 41.3 Å². The summed E-state index contributed by atoms with van der Waals surface area (Å²) in [7, 11) is 0. The van der Waals surface area contributed by atoms with Crippen LogP contribution in [0.2, 0.25) is 0 Å². The molecular formula is C29H31FN6O2. The van der Waals surface area contributed by atoms with Gasteiger partial charge in [0.15, 0.2) is 5.78 Å². The molecule has 0 atom stereocenters. The Balaban J connectivity index is 1.20. The van der Waals surface area contributed by atoms with E-state index in [0.29, 0.717) is 11.1 Å². The van der Waals surface area contributed by atoms with Crippen molar-refractivity contribution in [2.24, 2.45) is 0 Å².